The number of imide groups is 1. The number of hydrogen-bond donors (Lipinski definition) is 1. The maximum Gasteiger partial charge on any atom is 0.251 e. The fourth-order valence-corrected chi connectivity index (χ4v) is 2.05. The van der Waals surface area contributed by atoms with E-state index in [0.717, 1.165) is 12.8 Å². The van der Waals surface area contributed by atoms with E-state index < -0.39 is 5.91 Å². The van der Waals surface area contributed by atoms with Crippen LogP contribution in [-0.4, -0.2) is 50.3 Å². The number of nitrogens with zero attached hydrogens (tertiary/aromatic N) is 1. The Bertz CT molecular complexity index is 326. The summed E-state index contributed by atoms with van der Waals surface area (Å²) in [5, 5.41) is 2.03. The Balaban J connectivity index is 2.29. The second kappa shape index (κ2) is 8.98. The van der Waals surface area contributed by atoms with Gasteiger partial charge in [-0.25, -0.2) is 0 Å². The fraction of sp³-hybridized carbons (Fsp3) is 0.636. The van der Waals surface area contributed by atoms with Crippen LogP contribution in [0, 0.1) is 0 Å². The highest BCUT2D eigenvalue weighted by Crippen LogP contribution is 2.24. The molecule has 0 saturated carbocycles. The smallest absolute Gasteiger partial charge is 0.251 e. The molecule has 1 rings (SSSR count). The summed E-state index contributed by atoms with van der Waals surface area (Å²) in [6.07, 6.45) is 4.95. The van der Waals surface area contributed by atoms with Gasteiger partial charge in [0.05, 0.1) is 12.7 Å². The predicted molar refractivity (Wildman–Crippen MR) is 70.3 cm³/mol. The summed E-state index contributed by atoms with van der Waals surface area (Å²) in [4.78, 5) is 22.9. The number of carbonyl (C=O) groups excluding carboxylic acids is 2. The van der Waals surface area contributed by atoms with Gasteiger partial charge in [0.1, 0.15) is 6.23 Å². The maximum absolute atomic E-state index is 11.1. The lowest BCUT2D eigenvalue weighted by Gasteiger charge is -2.22. The van der Waals surface area contributed by atoms with Crippen molar-refractivity contribution in [3.8, 4) is 0 Å². The van der Waals surface area contributed by atoms with Gasteiger partial charge in [-0.15, -0.1) is 0 Å². The zero-order chi connectivity index (χ0) is 14.1. The molecule has 3 atom stereocenters. The van der Waals surface area contributed by atoms with Gasteiger partial charge in [0.2, 0.25) is 6.41 Å². The molecule has 0 radical (unpaired) electrons. The Morgan fingerprint density at radius 1 is 1.58 bits per heavy atom. The first kappa shape index (κ1) is 16.0. The van der Waals surface area contributed by atoms with E-state index in [1.807, 2.05) is 12.4 Å². The lowest BCUT2D eigenvalue weighted by molar-refractivity contribution is -0.121. The first-order chi connectivity index (χ1) is 9.17. The molecule has 0 bridgehead atoms. The average Bonchev–Trinajstić information content (AvgIpc) is 2.85. The van der Waals surface area contributed by atoms with E-state index in [1.54, 1.807) is 18.2 Å². The van der Waals surface area contributed by atoms with Crippen LogP contribution in [0.2, 0.25) is 0 Å². The van der Waals surface area contributed by atoms with Crippen LogP contribution in [0.3, 0.4) is 0 Å². The highest BCUT2D eigenvalue weighted by Gasteiger charge is 2.27. The molecule has 0 aromatic carbocycles. The van der Waals surface area contributed by atoms with Gasteiger partial charge < -0.3 is 18.7 Å². The van der Waals surface area contributed by atoms with E-state index in [4.69, 9.17) is 13.8 Å². The summed E-state index contributed by atoms with van der Waals surface area (Å²) in [7, 11) is 3.43. The molecule has 0 aromatic heterocycles. The van der Waals surface area contributed by atoms with E-state index in [-0.39, 0.29) is 21.4 Å². The quantitative estimate of drug-likeness (QED) is 0.301. The standard InChI is InChI=1S/C11H19N2O5P/c1-13(6-5-10(15)12-8-14)11-4-3-9(18-11)7-17-19-16-2/h5-6,8-9,11,19H,3-4,7H2,1-2H3,(H,12,14,15)/b6-5-. The Kier molecular flexibility index (Phi) is 7.59. The number of carbonyl (C=O) groups is 2. The second-order valence-electron chi connectivity index (χ2n) is 4.00. The van der Waals surface area contributed by atoms with Crippen LogP contribution in [-0.2, 0) is 23.4 Å². The van der Waals surface area contributed by atoms with Crippen LogP contribution in [0.15, 0.2) is 12.3 Å². The zero-order valence-corrected chi connectivity index (χ0v) is 12.0. The number of amides is 2. The van der Waals surface area contributed by atoms with Crippen molar-refractivity contribution >= 4 is 21.4 Å². The van der Waals surface area contributed by atoms with Gasteiger partial charge in [-0.3, -0.25) is 14.9 Å². The third kappa shape index (κ3) is 6.11. The first-order valence-corrected chi connectivity index (χ1v) is 6.68. The van der Waals surface area contributed by atoms with Gasteiger partial charge in [-0.2, -0.15) is 0 Å². The van der Waals surface area contributed by atoms with Crippen molar-refractivity contribution in [3.63, 3.8) is 0 Å². The van der Waals surface area contributed by atoms with Crippen molar-refractivity contribution in [2.75, 3.05) is 20.8 Å². The summed E-state index contributed by atoms with van der Waals surface area (Å²) in [6, 6.07) is 0. The van der Waals surface area contributed by atoms with Crippen molar-refractivity contribution < 1.29 is 23.4 Å². The fourth-order valence-electron chi connectivity index (χ4n) is 1.68. The third-order valence-corrected chi connectivity index (χ3v) is 3.06. The molecule has 0 spiro atoms. The Morgan fingerprint density at radius 2 is 2.37 bits per heavy atom. The maximum atomic E-state index is 11.1. The lowest BCUT2D eigenvalue weighted by Crippen LogP contribution is -2.29. The lowest BCUT2D eigenvalue weighted by atomic mass is 10.2. The molecule has 108 valence electrons. The second-order valence-corrected chi connectivity index (χ2v) is 4.86. The molecule has 0 aromatic rings. The molecule has 1 heterocycles. The van der Waals surface area contributed by atoms with Gasteiger partial charge in [0, 0.05) is 26.4 Å². The van der Waals surface area contributed by atoms with E-state index in [9.17, 15) is 9.59 Å². The zero-order valence-electron chi connectivity index (χ0n) is 11.0. The van der Waals surface area contributed by atoms with Crippen molar-refractivity contribution in [1.29, 1.82) is 0 Å². The Hall–Kier alpha value is -1.01. The molecule has 7 nitrogen and oxygen atoms in total. The molecular formula is C11H19N2O5P. The van der Waals surface area contributed by atoms with E-state index in [2.05, 4.69) is 0 Å². The normalized spacial score (nSPS) is 23.3. The van der Waals surface area contributed by atoms with Crippen LogP contribution in [0.25, 0.3) is 0 Å². The average molecular weight is 290 g/mol. The van der Waals surface area contributed by atoms with Crippen molar-refractivity contribution in [1.82, 2.24) is 10.2 Å². The van der Waals surface area contributed by atoms with Gasteiger partial charge in [-0.1, -0.05) is 0 Å². The molecule has 1 N–H and O–H groups in total. The van der Waals surface area contributed by atoms with E-state index >= 15 is 0 Å². The SMILES string of the molecule is COPOCC1CCC(N(C)/C=C\C(=O)NC=O)O1. The summed E-state index contributed by atoms with van der Waals surface area (Å²) >= 11 is 0. The number of ether oxygens (including phenoxy) is 1. The summed E-state index contributed by atoms with van der Waals surface area (Å²) in [5.41, 5.74) is 0. The molecule has 19 heavy (non-hydrogen) atoms. The molecule has 0 aliphatic carbocycles. The molecule has 8 heteroatoms. The van der Waals surface area contributed by atoms with Gasteiger partial charge >= 0.3 is 0 Å². The van der Waals surface area contributed by atoms with Gasteiger partial charge in [0.15, 0.2) is 9.03 Å². The molecule has 1 saturated heterocycles. The monoisotopic (exact) mass is 290 g/mol. The first-order valence-electron chi connectivity index (χ1n) is 5.87. The minimum Gasteiger partial charge on any atom is -0.355 e. The molecule has 1 fully saturated rings. The highest BCUT2D eigenvalue weighted by molar-refractivity contribution is 7.26. The molecule has 1 aliphatic heterocycles. The summed E-state index contributed by atoms with van der Waals surface area (Å²) in [5.74, 6) is -0.457. The van der Waals surface area contributed by atoms with Crippen LogP contribution in [0.1, 0.15) is 12.8 Å². The summed E-state index contributed by atoms with van der Waals surface area (Å²) in [6.45, 7) is 0.506. The van der Waals surface area contributed by atoms with Gasteiger partial charge in [0.25, 0.3) is 5.91 Å². The Morgan fingerprint density at radius 3 is 3.05 bits per heavy atom. The largest absolute Gasteiger partial charge is 0.355 e. The molecule has 2 amide bonds. The molecule has 3 unspecified atom stereocenters. The van der Waals surface area contributed by atoms with Crippen molar-refractivity contribution in [2.24, 2.45) is 0 Å². The van der Waals surface area contributed by atoms with Crippen molar-refractivity contribution in [2.45, 2.75) is 25.2 Å². The van der Waals surface area contributed by atoms with E-state index in [1.165, 1.54) is 6.08 Å². The number of rotatable bonds is 8. The van der Waals surface area contributed by atoms with Crippen LogP contribution < -0.4 is 5.32 Å². The predicted octanol–water partition coefficient (Wildman–Crippen LogP) is 0.381. The van der Waals surface area contributed by atoms with Crippen LogP contribution in [0.5, 0.6) is 0 Å². The van der Waals surface area contributed by atoms with Crippen molar-refractivity contribution in [3.05, 3.63) is 12.3 Å². The number of hydrogen-bond acceptors (Lipinski definition) is 6. The summed E-state index contributed by atoms with van der Waals surface area (Å²) < 4.78 is 15.8. The number of nitrogens with one attached hydrogen (secondary N) is 1. The topological polar surface area (TPSA) is 77.1 Å². The minimum absolute atomic E-state index is 0.0312. The van der Waals surface area contributed by atoms with Crippen LogP contribution >= 0.6 is 9.03 Å². The van der Waals surface area contributed by atoms with E-state index in [0.29, 0.717) is 13.0 Å². The van der Waals surface area contributed by atoms with Crippen LogP contribution in [0.4, 0.5) is 0 Å². The molecule has 1 aliphatic rings. The highest BCUT2D eigenvalue weighted by atomic mass is 31.1. The Labute approximate surface area is 114 Å². The molecular weight excluding hydrogens is 271 g/mol. The third-order valence-electron chi connectivity index (χ3n) is 2.61. The van der Waals surface area contributed by atoms with Gasteiger partial charge in [-0.05, 0) is 12.8 Å². The minimum atomic E-state index is -0.457.